The first-order chi connectivity index (χ1) is 14.2. The Morgan fingerprint density at radius 2 is 1.76 bits per heavy atom. The van der Waals surface area contributed by atoms with Gasteiger partial charge in [-0.1, -0.05) is 30.3 Å². The average molecular weight is 408 g/mol. The van der Waals surface area contributed by atoms with Crippen molar-refractivity contribution in [1.29, 1.82) is 0 Å². The number of rotatable bonds is 6. The second-order valence-electron chi connectivity index (χ2n) is 7.17. The lowest BCUT2D eigenvalue weighted by Gasteiger charge is -2.34. The Labute approximate surface area is 175 Å². The second kappa shape index (κ2) is 9.20. The Morgan fingerprint density at radius 3 is 2.45 bits per heavy atom. The Bertz CT molecular complexity index is 932. The predicted octanol–water partition coefficient (Wildman–Crippen LogP) is 3.71. The molecule has 0 saturated carbocycles. The van der Waals surface area contributed by atoms with E-state index in [-0.39, 0.29) is 5.91 Å². The van der Waals surface area contributed by atoms with Crippen molar-refractivity contribution >= 4 is 17.2 Å². The minimum atomic E-state index is 0.215. The Kier molecular flexibility index (Phi) is 6.22. The third-order valence-corrected chi connectivity index (χ3v) is 6.05. The van der Waals surface area contributed by atoms with E-state index in [1.54, 1.807) is 18.4 Å². The molecule has 1 aliphatic heterocycles. The van der Waals surface area contributed by atoms with Crippen LogP contribution in [0.25, 0.3) is 11.3 Å². The lowest BCUT2D eigenvalue weighted by molar-refractivity contribution is -0.132. The van der Waals surface area contributed by atoms with Crippen molar-refractivity contribution in [2.75, 3.05) is 33.3 Å². The van der Waals surface area contributed by atoms with Crippen LogP contribution in [0.15, 0.2) is 60.0 Å². The predicted molar refractivity (Wildman–Crippen MR) is 116 cm³/mol. The molecule has 150 valence electrons. The van der Waals surface area contributed by atoms with Crippen molar-refractivity contribution < 1.29 is 9.53 Å². The van der Waals surface area contributed by atoms with Crippen LogP contribution in [0.4, 0.5) is 0 Å². The van der Waals surface area contributed by atoms with Crippen molar-refractivity contribution in [2.45, 2.75) is 13.0 Å². The van der Waals surface area contributed by atoms with Gasteiger partial charge in [-0.2, -0.15) is 0 Å². The summed E-state index contributed by atoms with van der Waals surface area (Å²) >= 11 is 1.69. The fourth-order valence-electron chi connectivity index (χ4n) is 3.51. The number of benzene rings is 2. The quantitative estimate of drug-likeness (QED) is 0.625. The number of hydrogen-bond donors (Lipinski definition) is 0. The highest BCUT2D eigenvalue weighted by molar-refractivity contribution is 7.09. The topological polar surface area (TPSA) is 45.7 Å². The summed E-state index contributed by atoms with van der Waals surface area (Å²) in [6.45, 7) is 4.17. The molecule has 0 radical (unpaired) electrons. The molecule has 0 aliphatic carbocycles. The summed E-state index contributed by atoms with van der Waals surface area (Å²) in [5.41, 5.74) is 3.18. The third-order valence-electron chi connectivity index (χ3n) is 5.22. The number of thiazole rings is 1. The van der Waals surface area contributed by atoms with E-state index in [4.69, 9.17) is 9.72 Å². The van der Waals surface area contributed by atoms with Gasteiger partial charge in [0.15, 0.2) is 0 Å². The number of ether oxygens (including phenoxy) is 1. The van der Waals surface area contributed by atoms with Crippen LogP contribution in [0.1, 0.15) is 10.6 Å². The second-order valence-corrected chi connectivity index (χ2v) is 8.12. The molecule has 1 fully saturated rings. The van der Waals surface area contributed by atoms with E-state index < -0.39 is 0 Å². The lowest BCUT2D eigenvalue weighted by Crippen LogP contribution is -2.48. The molecule has 6 heteroatoms. The highest BCUT2D eigenvalue weighted by Crippen LogP contribution is 2.25. The van der Waals surface area contributed by atoms with Gasteiger partial charge in [-0.05, 0) is 29.8 Å². The molecule has 0 atom stereocenters. The van der Waals surface area contributed by atoms with E-state index in [1.807, 2.05) is 59.5 Å². The summed E-state index contributed by atoms with van der Waals surface area (Å²) in [7, 11) is 1.67. The van der Waals surface area contributed by atoms with Gasteiger partial charge in [0.25, 0.3) is 0 Å². The van der Waals surface area contributed by atoms with Crippen LogP contribution < -0.4 is 4.74 Å². The van der Waals surface area contributed by atoms with Gasteiger partial charge < -0.3 is 9.64 Å². The maximum absolute atomic E-state index is 12.5. The molecule has 1 aliphatic rings. The van der Waals surface area contributed by atoms with E-state index in [0.29, 0.717) is 6.42 Å². The summed E-state index contributed by atoms with van der Waals surface area (Å²) in [5, 5.41) is 3.22. The Balaban J connectivity index is 1.28. The number of methoxy groups -OCH3 is 1. The van der Waals surface area contributed by atoms with Crippen molar-refractivity contribution in [3.05, 3.63) is 70.5 Å². The zero-order chi connectivity index (χ0) is 20.1. The number of aromatic nitrogens is 1. The number of carbonyl (C=O) groups excluding carboxylic acids is 1. The van der Waals surface area contributed by atoms with Gasteiger partial charge in [0, 0.05) is 37.1 Å². The summed E-state index contributed by atoms with van der Waals surface area (Å²) in [5.74, 6) is 1.07. The van der Waals surface area contributed by atoms with Crippen LogP contribution in [0.5, 0.6) is 5.75 Å². The molecule has 1 aromatic heterocycles. The highest BCUT2D eigenvalue weighted by atomic mass is 32.1. The zero-order valence-electron chi connectivity index (χ0n) is 16.6. The molecule has 0 bridgehead atoms. The molecule has 0 N–H and O–H groups in total. The van der Waals surface area contributed by atoms with E-state index >= 15 is 0 Å². The maximum atomic E-state index is 12.5. The van der Waals surface area contributed by atoms with Gasteiger partial charge in [0.05, 0.1) is 25.8 Å². The van der Waals surface area contributed by atoms with E-state index in [9.17, 15) is 4.79 Å². The third kappa shape index (κ3) is 5.02. The SMILES string of the molecule is COc1ccc(-c2csc(CN3CCN(C(=O)Cc4ccccc4)CC3)n2)cc1. The monoisotopic (exact) mass is 407 g/mol. The van der Waals surface area contributed by atoms with Gasteiger partial charge in [-0.3, -0.25) is 9.69 Å². The van der Waals surface area contributed by atoms with Crippen molar-refractivity contribution in [1.82, 2.24) is 14.8 Å². The standard InChI is InChI=1S/C23H25N3O2S/c1-28-20-9-7-19(8-10-20)21-17-29-22(24-21)16-25-11-13-26(14-12-25)23(27)15-18-5-3-2-4-6-18/h2-10,17H,11-16H2,1H3. The number of piperazine rings is 1. The number of amides is 1. The van der Waals surface area contributed by atoms with Crippen LogP contribution in [0, 0.1) is 0 Å². The van der Waals surface area contributed by atoms with Gasteiger partial charge in [-0.15, -0.1) is 11.3 Å². The average Bonchev–Trinajstić information content (AvgIpc) is 3.23. The van der Waals surface area contributed by atoms with Crippen LogP contribution in [0.2, 0.25) is 0 Å². The molecule has 0 unspecified atom stereocenters. The summed E-state index contributed by atoms with van der Waals surface area (Å²) in [4.78, 5) is 21.7. The van der Waals surface area contributed by atoms with Gasteiger partial charge in [-0.25, -0.2) is 4.98 Å². The van der Waals surface area contributed by atoms with Gasteiger partial charge >= 0.3 is 0 Å². The van der Waals surface area contributed by atoms with Crippen LogP contribution in [0.3, 0.4) is 0 Å². The number of carbonyl (C=O) groups is 1. The Hall–Kier alpha value is -2.70. The minimum absolute atomic E-state index is 0.215. The molecule has 5 nitrogen and oxygen atoms in total. The van der Waals surface area contributed by atoms with E-state index in [2.05, 4.69) is 10.3 Å². The number of nitrogens with zero attached hydrogens (tertiary/aromatic N) is 3. The zero-order valence-corrected chi connectivity index (χ0v) is 17.4. The summed E-state index contributed by atoms with van der Waals surface area (Å²) < 4.78 is 5.22. The number of hydrogen-bond acceptors (Lipinski definition) is 5. The first kappa shape index (κ1) is 19.6. The van der Waals surface area contributed by atoms with E-state index in [1.165, 1.54) is 0 Å². The Morgan fingerprint density at radius 1 is 1.03 bits per heavy atom. The fourth-order valence-corrected chi connectivity index (χ4v) is 4.35. The molecule has 1 saturated heterocycles. The summed E-state index contributed by atoms with van der Waals surface area (Å²) in [6.07, 6.45) is 0.485. The van der Waals surface area contributed by atoms with Crippen LogP contribution >= 0.6 is 11.3 Å². The van der Waals surface area contributed by atoms with Crippen LogP contribution in [-0.4, -0.2) is 54.0 Å². The van der Waals surface area contributed by atoms with Crippen molar-refractivity contribution in [2.24, 2.45) is 0 Å². The lowest BCUT2D eigenvalue weighted by atomic mass is 10.1. The first-order valence-electron chi connectivity index (χ1n) is 9.84. The molecule has 29 heavy (non-hydrogen) atoms. The molecule has 2 heterocycles. The largest absolute Gasteiger partial charge is 0.497 e. The van der Waals surface area contributed by atoms with Crippen LogP contribution in [-0.2, 0) is 17.8 Å². The fraction of sp³-hybridized carbons (Fsp3) is 0.304. The van der Waals surface area contributed by atoms with Crippen molar-refractivity contribution in [3.63, 3.8) is 0 Å². The molecule has 3 aromatic rings. The van der Waals surface area contributed by atoms with Crippen molar-refractivity contribution in [3.8, 4) is 17.0 Å². The first-order valence-corrected chi connectivity index (χ1v) is 10.7. The van der Waals surface area contributed by atoms with Gasteiger partial charge in [0.2, 0.25) is 5.91 Å². The molecule has 1 amide bonds. The normalized spacial score (nSPS) is 14.7. The molecule has 4 rings (SSSR count). The minimum Gasteiger partial charge on any atom is -0.497 e. The molecular formula is C23H25N3O2S. The maximum Gasteiger partial charge on any atom is 0.227 e. The van der Waals surface area contributed by atoms with E-state index in [0.717, 1.165) is 60.3 Å². The molecular weight excluding hydrogens is 382 g/mol. The molecule has 2 aromatic carbocycles. The molecule has 0 spiro atoms. The smallest absolute Gasteiger partial charge is 0.227 e. The van der Waals surface area contributed by atoms with Gasteiger partial charge in [0.1, 0.15) is 10.8 Å². The highest BCUT2D eigenvalue weighted by Gasteiger charge is 2.22. The summed E-state index contributed by atoms with van der Waals surface area (Å²) in [6, 6.07) is 18.0.